The molecule has 0 radical (unpaired) electrons. The summed E-state index contributed by atoms with van der Waals surface area (Å²) in [5, 5.41) is 5.20. The Balaban J connectivity index is 1.43. The van der Waals surface area contributed by atoms with Crippen LogP contribution in [0.25, 0.3) is 0 Å². The number of anilines is 2. The first kappa shape index (κ1) is 23.6. The van der Waals surface area contributed by atoms with Gasteiger partial charge in [0.05, 0.1) is 28.4 Å². The number of para-hydroxylation sites is 1. The van der Waals surface area contributed by atoms with Gasteiger partial charge in [-0.1, -0.05) is 85.8 Å². The lowest BCUT2D eigenvalue weighted by atomic mass is 9.94. The van der Waals surface area contributed by atoms with Crippen LogP contribution in [0, 0.1) is 12.8 Å². The van der Waals surface area contributed by atoms with Gasteiger partial charge in [-0.05, 0) is 60.9 Å². The van der Waals surface area contributed by atoms with Gasteiger partial charge in [-0.2, -0.15) is 0 Å². The number of fused-ring (bicyclic) bond motifs is 3. The number of amides is 2. The summed E-state index contributed by atoms with van der Waals surface area (Å²) in [5.74, 6) is -0.432. The highest BCUT2D eigenvalue weighted by molar-refractivity contribution is 8.03. The zero-order valence-electron chi connectivity index (χ0n) is 21.1. The summed E-state index contributed by atoms with van der Waals surface area (Å²) in [6.07, 6.45) is 6.14. The van der Waals surface area contributed by atoms with Crippen LogP contribution in [-0.2, 0) is 9.59 Å². The average Bonchev–Trinajstić information content (AvgIpc) is 3.39. The molecule has 3 aliphatic rings. The Hall–Kier alpha value is -3.77. The third kappa shape index (κ3) is 3.96. The number of carbonyl (C=O) groups excluding carboxylic acids is 2. The van der Waals surface area contributed by atoms with Crippen LogP contribution >= 0.6 is 11.8 Å². The smallest absolute Gasteiger partial charge is 0.259 e. The third-order valence-electron chi connectivity index (χ3n) is 7.32. The lowest BCUT2D eigenvalue weighted by Crippen LogP contribution is -2.49. The molecule has 2 fully saturated rings. The summed E-state index contributed by atoms with van der Waals surface area (Å²) in [5.41, 5.74) is 3.97. The normalized spacial score (nSPS) is 22.5. The van der Waals surface area contributed by atoms with E-state index in [0.29, 0.717) is 11.6 Å². The zero-order chi connectivity index (χ0) is 25.7. The van der Waals surface area contributed by atoms with Crippen molar-refractivity contribution in [1.82, 2.24) is 5.01 Å². The molecule has 0 aromatic heterocycles. The molecule has 3 aromatic rings. The molecule has 37 heavy (non-hydrogen) atoms. The fourth-order valence-electron chi connectivity index (χ4n) is 5.42. The number of carbonyl (C=O) groups is 2. The third-order valence-corrected chi connectivity index (χ3v) is 8.36. The lowest BCUT2D eigenvalue weighted by Gasteiger charge is -2.39. The number of hydrogen-bond acceptors (Lipinski definition) is 5. The van der Waals surface area contributed by atoms with Crippen LogP contribution in [0.1, 0.15) is 30.9 Å². The van der Waals surface area contributed by atoms with Crippen molar-refractivity contribution in [2.24, 2.45) is 5.92 Å². The molecule has 6 rings (SSSR count). The number of rotatable bonds is 5. The number of nitrogens with zero attached hydrogens (tertiary/aromatic N) is 3. The fraction of sp³-hybridized carbons (Fsp3) is 0.226. The Kier molecular flexibility index (Phi) is 5.92. The van der Waals surface area contributed by atoms with Crippen molar-refractivity contribution in [2.45, 2.75) is 43.7 Å². The second-order valence-corrected chi connectivity index (χ2v) is 11.1. The Morgan fingerprint density at radius 3 is 2.16 bits per heavy atom. The van der Waals surface area contributed by atoms with E-state index in [9.17, 15) is 9.59 Å². The fourth-order valence-corrected chi connectivity index (χ4v) is 6.38. The number of imide groups is 1. The van der Waals surface area contributed by atoms with Gasteiger partial charge in [0.15, 0.2) is 0 Å². The van der Waals surface area contributed by atoms with Crippen LogP contribution in [0.5, 0.6) is 0 Å². The first-order valence-corrected chi connectivity index (χ1v) is 13.5. The highest BCUT2D eigenvalue weighted by Gasteiger charge is 2.62. The SMILES string of the molecule is Cc1ccc(SC2=CC=C[C@H]3[C@H]4C(=O)N(c5ccccc5)C(=O)[C@H]4N(c4ccc(C(C)C)cc4)N23)cc1. The molecule has 2 amide bonds. The lowest BCUT2D eigenvalue weighted by molar-refractivity contribution is -0.123. The van der Waals surface area contributed by atoms with Crippen molar-refractivity contribution in [1.29, 1.82) is 0 Å². The van der Waals surface area contributed by atoms with Crippen LogP contribution in [0.3, 0.4) is 0 Å². The number of aryl methyl sites for hydroxylation is 1. The van der Waals surface area contributed by atoms with Crippen molar-refractivity contribution in [3.63, 3.8) is 0 Å². The Morgan fingerprint density at radius 1 is 0.784 bits per heavy atom. The van der Waals surface area contributed by atoms with Crippen LogP contribution in [-0.4, -0.2) is 28.9 Å². The largest absolute Gasteiger partial charge is 0.273 e. The van der Waals surface area contributed by atoms with Crippen molar-refractivity contribution >= 4 is 35.0 Å². The first-order chi connectivity index (χ1) is 17.9. The van der Waals surface area contributed by atoms with E-state index in [0.717, 1.165) is 15.6 Å². The van der Waals surface area contributed by atoms with Gasteiger partial charge in [0.25, 0.3) is 5.91 Å². The summed E-state index contributed by atoms with van der Waals surface area (Å²) in [4.78, 5) is 30.3. The summed E-state index contributed by atoms with van der Waals surface area (Å²) < 4.78 is 0. The predicted octanol–water partition coefficient (Wildman–Crippen LogP) is 6.29. The summed E-state index contributed by atoms with van der Waals surface area (Å²) in [7, 11) is 0. The van der Waals surface area contributed by atoms with Crippen molar-refractivity contribution in [3.8, 4) is 0 Å². The Labute approximate surface area is 222 Å². The molecular weight excluding hydrogens is 478 g/mol. The summed E-state index contributed by atoms with van der Waals surface area (Å²) in [6.45, 7) is 6.41. The molecule has 3 heterocycles. The van der Waals surface area contributed by atoms with E-state index >= 15 is 0 Å². The highest BCUT2D eigenvalue weighted by Crippen LogP contribution is 2.48. The van der Waals surface area contributed by atoms with E-state index in [2.05, 4.69) is 91.5 Å². The van der Waals surface area contributed by atoms with Crippen LogP contribution < -0.4 is 9.91 Å². The second-order valence-electron chi connectivity index (χ2n) is 10.0. The van der Waals surface area contributed by atoms with Gasteiger partial charge in [-0.15, -0.1) is 0 Å². The molecule has 0 bridgehead atoms. The number of hydrogen-bond donors (Lipinski definition) is 0. The molecule has 0 N–H and O–H groups in total. The Morgan fingerprint density at radius 2 is 1.49 bits per heavy atom. The maximum atomic E-state index is 14.0. The maximum absolute atomic E-state index is 14.0. The molecular formula is C31H29N3O2S. The zero-order valence-corrected chi connectivity index (χ0v) is 21.9. The molecule has 3 aromatic carbocycles. The van der Waals surface area contributed by atoms with Crippen molar-refractivity contribution in [3.05, 3.63) is 113 Å². The summed E-state index contributed by atoms with van der Waals surface area (Å²) in [6, 6.07) is 25.2. The van der Waals surface area contributed by atoms with Gasteiger partial charge in [-0.3, -0.25) is 19.6 Å². The molecule has 3 atom stereocenters. The number of hydrazine groups is 1. The molecule has 0 unspecified atom stereocenters. The van der Waals surface area contributed by atoms with Crippen LogP contribution in [0.4, 0.5) is 11.4 Å². The van der Waals surface area contributed by atoms with E-state index in [1.165, 1.54) is 16.0 Å². The minimum absolute atomic E-state index is 0.149. The second kappa shape index (κ2) is 9.27. The number of allylic oxidation sites excluding steroid dienone is 2. The van der Waals surface area contributed by atoms with E-state index in [4.69, 9.17) is 0 Å². The average molecular weight is 508 g/mol. The minimum Gasteiger partial charge on any atom is -0.273 e. The predicted molar refractivity (Wildman–Crippen MR) is 149 cm³/mol. The number of thioether (sulfide) groups is 1. The van der Waals surface area contributed by atoms with E-state index in [1.807, 2.05) is 36.4 Å². The van der Waals surface area contributed by atoms with E-state index < -0.39 is 12.0 Å². The van der Waals surface area contributed by atoms with E-state index in [-0.39, 0.29) is 17.9 Å². The Bertz CT molecular complexity index is 1400. The van der Waals surface area contributed by atoms with Gasteiger partial charge in [0.2, 0.25) is 5.91 Å². The first-order valence-electron chi connectivity index (χ1n) is 12.7. The van der Waals surface area contributed by atoms with Crippen molar-refractivity contribution in [2.75, 3.05) is 9.91 Å². The van der Waals surface area contributed by atoms with Crippen LogP contribution in [0.15, 0.2) is 107 Å². The minimum atomic E-state index is -0.618. The van der Waals surface area contributed by atoms with E-state index in [1.54, 1.807) is 11.8 Å². The maximum Gasteiger partial charge on any atom is 0.259 e. The topological polar surface area (TPSA) is 43.9 Å². The molecule has 6 heteroatoms. The molecule has 186 valence electrons. The highest BCUT2D eigenvalue weighted by atomic mass is 32.2. The molecule has 3 aliphatic heterocycles. The van der Waals surface area contributed by atoms with Gasteiger partial charge >= 0.3 is 0 Å². The standard InChI is InChI=1S/C31H29N3O2S/c1-20(2)22-14-16-24(17-15-22)33-29-28(30(35)32(31(29)36)23-8-5-4-6-9-23)26-10-7-11-27(34(26)33)37-25-18-12-21(3)13-19-25/h4-20,26,28-29H,1-3H3/t26-,28+,29-/m0/s1. The molecule has 0 aliphatic carbocycles. The van der Waals surface area contributed by atoms with Gasteiger partial charge in [0.1, 0.15) is 6.04 Å². The van der Waals surface area contributed by atoms with Gasteiger partial charge < -0.3 is 0 Å². The molecule has 5 nitrogen and oxygen atoms in total. The summed E-state index contributed by atoms with van der Waals surface area (Å²) >= 11 is 1.65. The van der Waals surface area contributed by atoms with Crippen LogP contribution in [0.2, 0.25) is 0 Å². The van der Waals surface area contributed by atoms with Gasteiger partial charge in [0, 0.05) is 4.90 Å². The molecule has 0 saturated carbocycles. The van der Waals surface area contributed by atoms with Gasteiger partial charge in [-0.25, -0.2) is 4.90 Å². The quantitative estimate of drug-likeness (QED) is 0.380. The molecule has 2 saturated heterocycles. The number of benzene rings is 3. The monoisotopic (exact) mass is 507 g/mol. The van der Waals surface area contributed by atoms with Crippen molar-refractivity contribution < 1.29 is 9.59 Å². The molecule has 0 spiro atoms.